The van der Waals surface area contributed by atoms with E-state index in [1.165, 1.54) is 6.07 Å². The molecule has 0 aromatic heterocycles. The topological polar surface area (TPSA) is 30.3 Å². The smallest absolute Gasteiger partial charge is 0.146 e. The molecule has 1 fully saturated rings. The van der Waals surface area contributed by atoms with Crippen LogP contribution in [-0.2, 0) is 0 Å². The number of nitriles is 1. The van der Waals surface area contributed by atoms with Crippen molar-refractivity contribution in [3.8, 4) is 6.07 Å². The second-order valence-corrected chi connectivity index (χ2v) is 4.91. The SMILES string of the molecule is CCCC(C#N)N1CCN(c2ccccc2F)CC1. The average Bonchev–Trinajstić information content (AvgIpc) is 2.46. The van der Waals surface area contributed by atoms with Gasteiger partial charge in [-0.15, -0.1) is 0 Å². The van der Waals surface area contributed by atoms with Crippen molar-refractivity contribution in [3.05, 3.63) is 30.1 Å². The van der Waals surface area contributed by atoms with Gasteiger partial charge in [0.2, 0.25) is 0 Å². The van der Waals surface area contributed by atoms with Crippen molar-refractivity contribution in [2.24, 2.45) is 0 Å². The molecule has 0 aliphatic carbocycles. The molecule has 19 heavy (non-hydrogen) atoms. The van der Waals surface area contributed by atoms with Crippen LogP contribution in [0.4, 0.5) is 10.1 Å². The molecule has 1 atom stereocenters. The number of halogens is 1. The Balaban J connectivity index is 1.96. The highest BCUT2D eigenvalue weighted by atomic mass is 19.1. The van der Waals surface area contributed by atoms with Crippen molar-refractivity contribution in [1.82, 2.24) is 4.90 Å². The molecule has 0 spiro atoms. The first kappa shape index (κ1) is 13.8. The molecule has 1 aliphatic heterocycles. The van der Waals surface area contributed by atoms with Crippen molar-refractivity contribution in [1.29, 1.82) is 5.26 Å². The van der Waals surface area contributed by atoms with E-state index in [2.05, 4.69) is 22.8 Å². The molecule has 0 amide bonds. The zero-order valence-corrected chi connectivity index (χ0v) is 11.3. The van der Waals surface area contributed by atoms with E-state index in [1.54, 1.807) is 6.07 Å². The fourth-order valence-corrected chi connectivity index (χ4v) is 2.58. The minimum atomic E-state index is -0.165. The molecule has 3 nitrogen and oxygen atoms in total. The minimum Gasteiger partial charge on any atom is -0.367 e. The Kier molecular flexibility index (Phi) is 4.75. The monoisotopic (exact) mass is 261 g/mol. The molecule has 0 N–H and O–H groups in total. The Labute approximate surface area is 114 Å². The van der Waals surface area contributed by atoms with Crippen molar-refractivity contribution < 1.29 is 4.39 Å². The zero-order chi connectivity index (χ0) is 13.7. The lowest BCUT2D eigenvalue weighted by Gasteiger charge is -2.38. The third-order valence-corrected chi connectivity index (χ3v) is 3.66. The van der Waals surface area contributed by atoms with Crippen LogP contribution >= 0.6 is 0 Å². The van der Waals surface area contributed by atoms with E-state index in [0.29, 0.717) is 5.69 Å². The number of rotatable bonds is 4. The highest BCUT2D eigenvalue weighted by Crippen LogP contribution is 2.21. The number of para-hydroxylation sites is 1. The number of piperazine rings is 1. The summed E-state index contributed by atoms with van der Waals surface area (Å²) in [6, 6.07) is 9.27. The standard InChI is InChI=1S/C15H20FN3/c1-2-5-13(12-17)18-8-10-19(11-9-18)15-7-4-3-6-14(15)16/h3-4,6-7,13H,2,5,8-11H2,1H3. The second-order valence-electron chi connectivity index (χ2n) is 4.91. The molecular formula is C15H20FN3. The molecule has 1 unspecified atom stereocenters. The van der Waals surface area contributed by atoms with Crippen LogP contribution in [0.2, 0.25) is 0 Å². The number of nitrogens with zero attached hydrogens (tertiary/aromatic N) is 3. The largest absolute Gasteiger partial charge is 0.367 e. The molecule has 1 saturated heterocycles. The summed E-state index contributed by atoms with van der Waals surface area (Å²) >= 11 is 0. The summed E-state index contributed by atoms with van der Waals surface area (Å²) in [7, 11) is 0. The number of hydrogen-bond donors (Lipinski definition) is 0. The first-order chi connectivity index (χ1) is 9.26. The van der Waals surface area contributed by atoms with Crippen LogP contribution in [0, 0.1) is 17.1 Å². The van der Waals surface area contributed by atoms with Crippen LogP contribution in [0.15, 0.2) is 24.3 Å². The van der Waals surface area contributed by atoms with Crippen LogP contribution in [0.25, 0.3) is 0 Å². The van der Waals surface area contributed by atoms with Gasteiger partial charge in [-0.05, 0) is 18.6 Å². The maximum absolute atomic E-state index is 13.7. The Hall–Kier alpha value is -1.60. The molecule has 1 aromatic rings. The fraction of sp³-hybridized carbons (Fsp3) is 0.533. The van der Waals surface area contributed by atoms with Gasteiger partial charge in [-0.2, -0.15) is 5.26 Å². The van der Waals surface area contributed by atoms with Gasteiger partial charge < -0.3 is 4.90 Å². The number of hydrogen-bond acceptors (Lipinski definition) is 3. The van der Waals surface area contributed by atoms with Crippen LogP contribution in [0.5, 0.6) is 0 Å². The lowest BCUT2D eigenvalue weighted by Crippen LogP contribution is -2.50. The molecule has 0 bridgehead atoms. The van der Waals surface area contributed by atoms with Gasteiger partial charge in [0.15, 0.2) is 0 Å². The molecule has 1 aliphatic rings. The highest BCUT2D eigenvalue weighted by Gasteiger charge is 2.24. The summed E-state index contributed by atoms with van der Waals surface area (Å²) in [5.41, 5.74) is 0.672. The van der Waals surface area contributed by atoms with E-state index in [4.69, 9.17) is 0 Å². The van der Waals surface area contributed by atoms with E-state index >= 15 is 0 Å². The first-order valence-electron chi connectivity index (χ1n) is 6.89. The third-order valence-electron chi connectivity index (χ3n) is 3.66. The Morgan fingerprint density at radius 1 is 1.26 bits per heavy atom. The van der Waals surface area contributed by atoms with Crippen LogP contribution in [0.1, 0.15) is 19.8 Å². The predicted molar refractivity (Wildman–Crippen MR) is 74.5 cm³/mol. The lowest BCUT2D eigenvalue weighted by molar-refractivity contribution is 0.211. The number of benzene rings is 1. The van der Waals surface area contributed by atoms with E-state index in [1.807, 2.05) is 12.1 Å². The van der Waals surface area contributed by atoms with Gasteiger partial charge in [-0.25, -0.2) is 4.39 Å². The summed E-state index contributed by atoms with van der Waals surface area (Å²) in [4.78, 5) is 4.27. The van der Waals surface area contributed by atoms with Gasteiger partial charge in [-0.3, -0.25) is 4.90 Å². The van der Waals surface area contributed by atoms with Crippen molar-refractivity contribution >= 4 is 5.69 Å². The summed E-state index contributed by atoms with van der Waals surface area (Å²) in [5.74, 6) is -0.165. The minimum absolute atomic E-state index is 0.00719. The third kappa shape index (κ3) is 3.24. The molecule has 0 saturated carbocycles. The second kappa shape index (κ2) is 6.53. The molecule has 0 radical (unpaired) electrons. The van der Waals surface area contributed by atoms with Gasteiger partial charge in [0.25, 0.3) is 0 Å². The molecule has 4 heteroatoms. The molecule has 2 rings (SSSR count). The summed E-state index contributed by atoms with van der Waals surface area (Å²) in [6.45, 7) is 5.31. The van der Waals surface area contributed by atoms with Gasteiger partial charge in [0.05, 0.1) is 17.8 Å². The van der Waals surface area contributed by atoms with E-state index in [9.17, 15) is 9.65 Å². The van der Waals surface area contributed by atoms with E-state index in [0.717, 1.165) is 39.0 Å². The van der Waals surface area contributed by atoms with Crippen LogP contribution < -0.4 is 4.90 Å². The Morgan fingerprint density at radius 2 is 1.95 bits per heavy atom. The Bertz CT molecular complexity index is 447. The fourth-order valence-electron chi connectivity index (χ4n) is 2.58. The van der Waals surface area contributed by atoms with Crippen molar-refractivity contribution in [2.75, 3.05) is 31.1 Å². The van der Waals surface area contributed by atoms with Crippen molar-refractivity contribution in [3.63, 3.8) is 0 Å². The molecule has 102 valence electrons. The van der Waals surface area contributed by atoms with Crippen molar-refractivity contribution in [2.45, 2.75) is 25.8 Å². The maximum Gasteiger partial charge on any atom is 0.146 e. The Morgan fingerprint density at radius 3 is 2.53 bits per heavy atom. The van der Waals surface area contributed by atoms with Crippen LogP contribution in [0.3, 0.4) is 0 Å². The zero-order valence-electron chi connectivity index (χ0n) is 11.3. The van der Waals surface area contributed by atoms with E-state index < -0.39 is 0 Å². The van der Waals surface area contributed by atoms with Gasteiger partial charge in [-0.1, -0.05) is 25.5 Å². The molecular weight excluding hydrogens is 241 g/mol. The van der Waals surface area contributed by atoms with Crippen LogP contribution in [-0.4, -0.2) is 37.1 Å². The average molecular weight is 261 g/mol. The predicted octanol–water partition coefficient (Wildman–Crippen LogP) is 2.64. The number of anilines is 1. The molecule has 1 aromatic carbocycles. The molecule has 1 heterocycles. The normalized spacial score (nSPS) is 18.1. The summed E-state index contributed by atoms with van der Waals surface area (Å²) in [6.07, 6.45) is 1.93. The lowest BCUT2D eigenvalue weighted by atomic mass is 10.1. The highest BCUT2D eigenvalue weighted by molar-refractivity contribution is 5.48. The van der Waals surface area contributed by atoms with Gasteiger partial charge in [0.1, 0.15) is 5.82 Å². The summed E-state index contributed by atoms with van der Waals surface area (Å²) < 4.78 is 13.7. The maximum atomic E-state index is 13.7. The van der Waals surface area contributed by atoms with E-state index in [-0.39, 0.29) is 11.9 Å². The first-order valence-corrected chi connectivity index (χ1v) is 6.89. The van der Waals surface area contributed by atoms with Gasteiger partial charge >= 0.3 is 0 Å². The van der Waals surface area contributed by atoms with Gasteiger partial charge in [0, 0.05) is 26.2 Å². The summed E-state index contributed by atoms with van der Waals surface area (Å²) in [5, 5.41) is 9.17. The quantitative estimate of drug-likeness (QED) is 0.834.